The van der Waals surface area contributed by atoms with E-state index in [2.05, 4.69) is 24.5 Å². The van der Waals surface area contributed by atoms with Crippen LogP contribution in [-0.2, 0) is 4.74 Å². The van der Waals surface area contributed by atoms with E-state index in [1.165, 1.54) is 12.8 Å². The number of amides is 1. The van der Waals surface area contributed by atoms with Gasteiger partial charge in [0.1, 0.15) is 5.60 Å². The molecule has 0 radical (unpaired) electrons. The third-order valence-corrected chi connectivity index (χ3v) is 2.93. The quantitative estimate of drug-likeness (QED) is 0.778. The first-order valence-electron chi connectivity index (χ1n) is 6.49. The molecule has 1 amide bonds. The summed E-state index contributed by atoms with van der Waals surface area (Å²) in [5.74, 6) is 0. The molecular formula is C13H26N2O2. The van der Waals surface area contributed by atoms with E-state index >= 15 is 0 Å². The van der Waals surface area contributed by atoms with Crippen molar-refractivity contribution in [2.75, 3.05) is 6.54 Å². The second-order valence-corrected chi connectivity index (χ2v) is 6.19. The first-order chi connectivity index (χ1) is 7.74. The van der Waals surface area contributed by atoms with Gasteiger partial charge in [-0.05, 0) is 47.0 Å². The topological polar surface area (TPSA) is 50.4 Å². The number of carbonyl (C=O) groups excluding carboxylic acids is 1. The lowest BCUT2D eigenvalue weighted by molar-refractivity contribution is 0.0510. The zero-order valence-corrected chi connectivity index (χ0v) is 11.7. The van der Waals surface area contributed by atoms with Crippen molar-refractivity contribution in [3.05, 3.63) is 0 Å². The third kappa shape index (κ3) is 5.91. The fourth-order valence-corrected chi connectivity index (χ4v) is 1.58. The first-order valence-corrected chi connectivity index (χ1v) is 6.49. The van der Waals surface area contributed by atoms with Gasteiger partial charge in [-0.15, -0.1) is 0 Å². The lowest BCUT2D eigenvalue weighted by Crippen LogP contribution is -2.52. The summed E-state index contributed by atoms with van der Waals surface area (Å²) < 4.78 is 5.22. The zero-order valence-electron chi connectivity index (χ0n) is 11.7. The van der Waals surface area contributed by atoms with Gasteiger partial charge >= 0.3 is 6.09 Å². The van der Waals surface area contributed by atoms with Gasteiger partial charge in [0.25, 0.3) is 0 Å². The molecule has 4 heteroatoms. The van der Waals surface area contributed by atoms with Gasteiger partial charge in [0.15, 0.2) is 0 Å². The number of rotatable bonds is 5. The average Bonchev–Trinajstić information content (AvgIpc) is 2.96. The molecule has 100 valence electrons. The molecule has 0 aromatic heterocycles. The van der Waals surface area contributed by atoms with Crippen LogP contribution >= 0.6 is 0 Å². The van der Waals surface area contributed by atoms with E-state index in [0.717, 1.165) is 6.42 Å². The Bertz CT molecular complexity index is 269. The summed E-state index contributed by atoms with van der Waals surface area (Å²) in [7, 11) is 0. The molecule has 0 aliphatic heterocycles. The largest absolute Gasteiger partial charge is 0.444 e. The lowest BCUT2D eigenvalue weighted by Gasteiger charge is -2.30. The van der Waals surface area contributed by atoms with Crippen LogP contribution in [0.2, 0.25) is 0 Å². The Morgan fingerprint density at radius 1 is 1.29 bits per heavy atom. The molecule has 1 unspecified atom stereocenters. The minimum absolute atomic E-state index is 0.0297. The molecule has 2 N–H and O–H groups in total. The van der Waals surface area contributed by atoms with Crippen LogP contribution in [-0.4, -0.2) is 29.8 Å². The number of alkyl carbamates (subject to hydrolysis) is 1. The molecule has 1 fully saturated rings. The van der Waals surface area contributed by atoms with Crippen molar-refractivity contribution in [2.45, 2.75) is 71.1 Å². The van der Waals surface area contributed by atoms with Crippen LogP contribution in [0, 0.1) is 0 Å². The highest BCUT2D eigenvalue weighted by Gasteiger charge is 2.31. The molecule has 1 aliphatic carbocycles. The van der Waals surface area contributed by atoms with Crippen molar-refractivity contribution < 1.29 is 9.53 Å². The Kier molecular flexibility index (Phi) is 4.42. The van der Waals surface area contributed by atoms with Gasteiger partial charge in [-0.1, -0.05) is 6.92 Å². The van der Waals surface area contributed by atoms with E-state index in [0.29, 0.717) is 12.6 Å². The predicted octanol–water partition coefficient (Wildman–Crippen LogP) is 2.43. The van der Waals surface area contributed by atoms with E-state index in [-0.39, 0.29) is 11.6 Å². The van der Waals surface area contributed by atoms with E-state index in [1.54, 1.807) is 0 Å². The molecule has 0 bridgehead atoms. The molecule has 1 aliphatic rings. The Hall–Kier alpha value is -0.770. The van der Waals surface area contributed by atoms with E-state index < -0.39 is 5.60 Å². The number of nitrogens with one attached hydrogen (secondary N) is 2. The molecule has 1 rings (SSSR count). The predicted molar refractivity (Wildman–Crippen MR) is 69.1 cm³/mol. The molecular weight excluding hydrogens is 216 g/mol. The van der Waals surface area contributed by atoms with Crippen LogP contribution in [0.3, 0.4) is 0 Å². The minimum Gasteiger partial charge on any atom is -0.444 e. The standard InChI is InChI=1S/C13H26N2O2/c1-6-13(5,15-10-7-8-10)9-14-11(16)17-12(2,3)4/h10,15H,6-9H2,1-5H3,(H,14,16). The summed E-state index contributed by atoms with van der Waals surface area (Å²) in [6.07, 6.45) is 3.15. The maximum Gasteiger partial charge on any atom is 0.407 e. The summed E-state index contributed by atoms with van der Waals surface area (Å²) in [4.78, 5) is 11.6. The number of hydrogen-bond donors (Lipinski definition) is 2. The molecule has 1 saturated carbocycles. The zero-order chi connectivity index (χ0) is 13.1. The molecule has 0 spiro atoms. The fourth-order valence-electron chi connectivity index (χ4n) is 1.58. The Morgan fingerprint density at radius 2 is 1.88 bits per heavy atom. The number of carbonyl (C=O) groups is 1. The fraction of sp³-hybridized carbons (Fsp3) is 0.923. The Labute approximate surface area is 104 Å². The monoisotopic (exact) mass is 242 g/mol. The lowest BCUT2D eigenvalue weighted by atomic mass is 9.99. The van der Waals surface area contributed by atoms with Gasteiger partial charge in [0.05, 0.1) is 0 Å². The van der Waals surface area contributed by atoms with E-state index in [1.807, 2.05) is 20.8 Å². The molecule has 1 atom stereocenters. The van der Waals surface area contributed by atoms with Gasteiger partial charge in [0.2, 0.25) is 0 Å². The minimum atomic E-state index is -0.434. The molecule has 0 saturated heterocycles. The normalized spacial score (nSPS) is 19.6. The Morgan fingerprint density at radius 3 is 2.29 bits per heavy atom. The number of hydrogen-bond acceptors (Lipinski definition) is 3. The summed E-state index contributed by atoms with van der Waals surface area (Å²) >= 11 is 0. The van der Waals surface area contributed by atoms with Crippen molar-refractivity contribution in [1.82, 2.24) is 10.6 Å². The smallest absolute Gasteiger partial charge is 0.407 e. The van der Waals surface area contributed by atoms with Gasteiger partial charge in [-0.2, -0.15) is 0 Å². The maximum absolute atomic E-state index is 11.6. The average molecular weight is 242 g/mol. The highest BCUT2D eigenvalue weighted by Crippen LogP contribution is 2.23. The van der Waals surface area contributed by atoms with E-state index in [9.17, 15) is 4.79 Å². The van der Waals surface area contributed by atoms with Gasteiger partial charge < -0.3 is 15.4 Å². The molecule has 0 aromatic rings. The van der Waals surface area contributed by atoms with E-state index in [4.69, 9.17) is 4.74 Å². The number of ether oxygens (including phenoxy) is 1. The molecule has 0 aromatic carbocycles. The van der Waals surface area contributed by atoms with Crippen molar-refractivity contribution >= 4 is 6.09 Å². The molecule has 4 nitrogen and oxygen atoms in total. The molecule has 17 heavy (non-hydrogen) atoms. The van der Waals surface area contributed by atoms with Crippen molar-refractivity contribution in [3.8, 4) is 0 Å². The summed E-state index contributed by atoms with van der Waals surface area (Å²) in [6, 6.07) is 0.639. The van der Waals surface area contributed by atoms with Crippen molar-refractivity contribution in [3.63, 3.8) is 0 Å². The second-order valence-electron chi connectivity index (χ2n) is 6.19. The summed E-state index contributed by atoms with van der Waals surface area (Å²) in [5, 5.41) is 6.41. The van der Waals surface area contributed by atoms with Gasteiger partial charge in [0, 0.05) is 18.1 Å². The highest BCUT2D eigenvalue weighted by atomic mass is 16.6. The van der Waals surface area contributed by atoms with Crippen molar-refractivity contribution in [2.24, 2.45) is 0 Å². The second kappa shape index (κ2) is 5.25. The summed E-state index contributed by atoms with van der Waals surface area (Å²) in [6.45, 7) is 10.5. The SMILES string of the molecule is CCC(C)(CNC(=O)OC(C)(C)C)NC1CC1. The highest BCUT2D eigenvalue weighted by molar-refractivity contribution is 5.67. The molecule has 0 heterocycles. The van der Waals surface area contributed by atoms with Gasteiger partial charge in [-0.25, -0.2) is 4.79 Å². The van der Waals surface area contributed by atoms with Crippen LogP contribution in [0.15, 0.2) is 0 Å². The van der Waals surface area contributed by atoms with Crippen LogP contribution in [0.5, 0.6) is 0 Å². The summed E-state index contributed by atoms with van der Waals surface area (Å²) in [5.41, 5.74) is -0.464. The van der Waals surface area contributed by atoms with Crippen LogP contribution < -0.4 is 10.6 Å². The van der Waals surface area contributed by atoms with Crippen LogP contribution in [0.25, 0.3) is 0 Å². The third-order valence-electron chi connectivity index (χ3n) is 2.93. The maximum atomic E-state index is 11.6. The van der Waals surface area contributed by atoms with Gasteiger partial charge in [-0.3, -0.25) is 0 Å². The first kappa shape index (κ1) is 14.3. The van der Waals surface area contributed by atoms with Crippen molar-refractivity contribution in [1.29, 1.82) is 0 Å². The van der Waals surface area contributed by atoms with Crippen LogP contribution in [0.4, 0.5) is 4.79 Å². The van der Waals surface area contributed by atoms with Crippen LogP contribution in [0.1, 0.15) is 53.9 Å². The Balaban J connectivity index is 2.33.